The molecule has 49 heavy (non-hydrogen) atoms. The van der Waals surface area contributed by atoms with E-state index in [4.69, 9.17) is 14.2 Å². The van der Waals surface area contributed by atoms with Gasteiger partial charge in [0.05, 0.1) is 6.10 Å². The first-order valence-corrected chi connectivity index (χ1v) is 20.1. The van der Waals surface area contributed by atoms with Gasteiger partial charge in [-0.2, -0.15) is 0 Å². The second-order valence-corrected chi connectivity index (χ2v) is 16.7. The zero-order valence-corrected chi connectivity index (χ0v) is 30.9. The molecule has 5 rings (SSSR count). The molecule has 3 unspecified atom stereocenters. The van der Waals surface area contributed by atoms with Gasteiger partial charge in [0.25, 0.3) is 0 Å². The highest BCUT2D eigenvalue weighted by molar-refractivity contribution is 5.92. The lowest BCUT2D eigenvalue weighted by atomic mass is 9.46. The number of carbonyl (C=O) groups is 3. The molecule has 4 aliphatic carbocycles. The normalized spacial score (nSPS) is 38.5. The second kappa shape index (κ2) is 16.8. The molecule has 3 saturated carbocycles. The lowest BCUT2D eigenvalue weighted by molar-refractivity contribution is -0.262. The smallest absolute Gasteiger partial charge is 0.338 e. The van der Waals surface area contributed by atoms with Crippen LogP contribution in [0.1, 0.15) is 163 Å². The molecule has 0 bridgehead atoms. The zero-order valence-electron chi connectivity index (χ0n) is 30.9. The molecule has 1 N–H and O–H groups in total. The predicted octanol–water partition coefficient (Wildman–Crippen LogP) is 8.92. The number of esters is 1. The van der Waals surface area contributed by atoms with Crippen LogP contribution in [0.5, 0.6) is 0 Å². The minimum atomic E-state index is -1.22. The van der Waals surface area contributed by atoms with E-state index in [1.165, 1.54) is 51.4 Å². The quantitative estimate of drug-likeness (QED) is 0.136. The van der Waals surface area contributed by atoms with Crippen molar-refractivity contribution in [2.75, 3.05) is 6.61 Å². The van der Waals surface area contributed by atoms with Crippen molar-refractivity contribution in [3.05, 3.63) is 11.6 Å². The number of hydrogen-bond donors (Lipinski definition) is 1. The Kier molecular flexibility index (Phi) is 13.2. The highest BCUT2D eigenvalue weighted by Crippen LogP contribution is 2.69. The molecule has 278 valence electrons. The summed E-state index contributed by atoms with van der Waals surface area (Å²) in [5.41, 5.74) is -1.47. The number of halogens is 1. The number of unbranched alkanes of at least 4 members (excludes halogenated alkanes) is 10. The van der Waals surface area contributed by atoms with Gasteiger partial charge in [-0.3, -0.25) is 9.59 Å². The molecule has 0 radical (unpaired) electrons. The number of fused-ring (bicyclic) bond motifs is 6. The fraction of sp³-hybridized carbons (Fsp3) is 0.878. The van der Waals surface area contributed by atoms with E-state index in [2.05, 4.69) is 20.8 Å². The maximum absolute atomic E-state index is 15.9. The molecule has 7 nitrogen and oxygen atoms in total. The minimum absolute atomic E-state index is 0.0253. The third kappa shape index (κ3) is 7.91. The van der Waals surface area contributed by atoms with Crippen molar-refractivity contribution in [3.8, 4) is 0 Å². The number of Topliss-reactive ketones (excluding diaryl/α,β-unsaturated/α-hetero) is 1. The summed E-state index contributed by atoms with van der Waals surface area (Å²) >= 11 is 0. The van der Waals surface area contributed by atoms with Crippen molar-refractivity contribution < 1.29 is 38.1 Å². The lowest BCUT2D eigenvalue weighted by Gasteiger charge is -2.60. The van der Waals surface area contributed by atoms with Crippen LogP contribution in [-0.4, -0.2) is 59.5 Å². The monoisotopic (exact) mass is 688 g/mol. The third-order valence-corrected chi connectivity index (χ3v) is 13.7. The molecule has 1 heterocycles. The summed E-state index contributed by atoms with van der Waals surface area (Å²) in [5, 5.41) is 11.2. The van der Waals surface area contributed by atoms with E-state index < -0.39 is 48.3 Å². The SMILES string of the molecule is CCCCCCCCCCCCCC(O)C1OC(CCC)O[C@@]2(CC[C@H]3[C@@H]4C[C@H](F)C5=CC(=O)CC[C@]5(C)[C@H]4CC[C@@]32C)C(=O)COC1=O. The summed E-state index contributed by atoms with van der Waals surface area (Å²) in [4.78, 5) is 39.9. The van der Waals surface area contributed by atoms with Gasteiger partial charge in [-0.25, -0.2) is 9.18 Å². The molecule has 1 aliphatic heterocycles. The van der Waals surface area contributed by atoms with Crippen molar-refractivity contribution in [2.24, 2.45) is 28.6 Å². The van der Waals surface area contributed by atoms with E-state index in [-0.39, 0.29) is 34.7 Å². The van der Waals surface area contributed by atoms with E-state index in [9.17, 15) is 19.5 Å². The van der Waals surface area contributed by atoms with Crippen LogP contribution >= 0.6 is 0 Å². The molecule has 8 heteroatoms. The largest absolute Gasteiger partial charge is 0.456 e. The molecular formula is C41H65FO7. The number of rotatable bonds is 15. The number of aliphatic hydroxyl groups is 1. The van der Waals surface area contributed by atoms with Crippen LogP contribution in [0.4, 0.5) is 4.39 Å². The van der Waals surface area contributed by atoms with Gasteiger partial charge in [0.1, 0.15) is 11.8 Å². The van der Waals surface area contributed by atoms with E-state index in [0.717, 1.165) is 38.5 Å². The molecule has 0 aromatic heterocycles. The Balaban J connectivity index is 1.23. The summed E-state index contributed by atoms with van der Waals surface area (Å²) in [6.45, 7) is 8.11. The molecular weight excluding hydrogens is 623 g/mol. The van der Waals surface area contributed by atoms with E-state index in [0.29, 0.717) is 50.5 Å². The number of carbonyl (C=O) groups excluding carboxylic acids is 3. The fourth-order valence-electron chi connectivity index (χ4n) is 10.9. The van der Waals surface area contributed by atoms with E-state index in [1.807, 2.05) is 6.92 Å². The number of ether oxygens (including phenoxy) is 3. The summed E-state index contributed by atoms with van der Waals surface area (Å²) in [7, 11) is 0. The van der Waals surface area contributed by atoms with Gasteiger partial charge in [-0.15, -0.1) is 0 Å². The number of ketones is 2. The predicted molar refractivity (Wildman–Crippen MR) is 187 cm³/mol. The summed E-state index contributed by atoms with van der Waals surface area (Å²) in [6, 6.07) is 0. The minimum Gasteiger partial charge on any atom is -0.456 e. The van der Waals surface area contributed by atoms with Crippen LogP contribution in [0.25, 0.3) is 0 Å². The average molecular weight is 689 g/mol. The standard InChI is InChI=1S/C41H65FO7/c1-5-7-8-9-10-11-12-13-14-15-16-18-34(44)37-38(46)47-27-35(45)41(49-36(48-37)17-6-2)24-21-31-29-26-33(42)32-25-28(43)19-22-39(32,3)30(29)20-23-40(31,41)4/h25,29-31,33-34,36-37,44H,5-24,26-27H2,1-4H3/t29-,30+,31+,33+,34?,36?,37?,39-,40+,41+/m1/s1. The maximum Gasteiger partial charge on any atom is 0.338 e. The van der Waals surface area contributed by atoms with Crippen molar-refractivity contribution in [3.63, 3.8) is 0 Å². The Labute approximate surface area is 294 Å². The van der Waals surface area contributed by atoms with E-state index in [1.54, 1.807) is 6.08 Å². The first-order chi connectivity index (χ1) is 23.5. The molecule has 4 fully saturated rings. The number of alkyl halides is 1. The van der Waals surface area contributed by atoms with Crippen LogP contribution in [0.15, 0.2) is 11.6 Å². The molecule has 0 amide bonds. The maximum atomic E-state index is 15.9. The summed E-state index contributed by atoms with van der Waals surface area (Å²) in [6.07, 6.45) is 16.3. The fourth-order valence-corrected chi connectivity index (χ4v) is 10.9. The zero-order chi connectivity index (χ0) is 35.2. The van der Waals surface area contributed by atoms with Gasteiger partial charge < -0.3 is 19.3 Å². The molecule has 10 atom stereocenters. The number of aliphatic hydroxyl groups excluding tert-OH is 1. The lowest BCUT2D eigenvalue weighted by Crippen LogP contribution is -2.61. The summed E-state index contributed by atoms with van der Waals surface area (Å²) in [5.74, 6) is -0.559. The highest BCUT2D eigenvalue weighted by atomic mass is 19.1. The number of allylic oxidation sites excluding steroid dienone is 1. The summed E-state index contributed by atoms with van der Waals surface area (Å²) < 4.78 is 34.7. The highest BCUT2D eigenvalue weighted by Gasteiger charge is 2.69. The van der Waals surface area contributed by atoms with Gasteiger partial charge in [-0.1, -0.05) is 105 Å². The number of cyclic esters (lactones) is 1. The second-order valence-electron chi connectivity index (χ2n) is 16.7. The van der Waals surface area contributed by atoms with Gasteiger partial charge >= 0.3 is 5.97 Å². The van der Waals surface area contributed by atoms with Crippen molar-refractivity contribution in [1.82, 2.24) is 0 Å². The van der Waals surface area contributed by atoms with Gasteiger partial charge in [0.2, 0.25) is 5.78 Å². The van der Waals surface area contributed by atoms with Crippen molar-refractivity contribution in [2.45, 2.75) is 193 Å². The van der Waals surface area contributed by atoms with Crippen molar-refractivity contribution in [1.29, 1.82) is 0 Å². The number of hydrogen-bond acceptors (Lipinski definition) is 7. The van der Waals surface area contributed by atoms with Crippen LogP contribution in [0, 0.1) is 28.6 Å². The molecule has 1 spiro atoms. The molecule has 1 saturated heterocycles. The Morgan fingerprint density at radius 1 is 0.878 bits per heavy atom. The molecule has 5 aliphatic rings. The van der Waals surface area contributed by atoms with Crippen LogP contribution in [0.3, 0.4) is 0 Å². The van der Waals surface area contributed by atoms with Crippen LogP contribution in [-0.2, 0) is 28.6 Å². The van der Waals surface area contributed by atoms with Gasteiger partial charge in [0.15, 0.2) is 24.8 Å². The van der Waals surface area contributed by atoms with Gasteiger partial charge in [0, 0.05) is 11.8 Å². The van der Waals surface area contributed by atoms with Crippen LogP contribution < -0.4 is 0 Å². The third-order valence-electron chi connectivity index (χ3n) is 13.7. The Morgan fingerprint density at radius 3 is 2.20 bits per heavy atom. The Bertz CT molecular complexity index is 1190. The van der Waals surface area contributed by atoms with E-state index >= 15 is 4.39 Å². The first-order valence-electron chi connectivity index (χ1n) is 20.1. The topological polar surface area (TPSA) is 99.1 Å². The van der Waals surface area contributed by atoms with Crippen LogP contribution in [0.2, 0.25) is 0 Å². The first kappa shape index (κ1) is 38.6. The molecule has 0 aromatic rings. The van der Waals surface area contributed by atoms with Crippen molar-refractivity contribution >= 4 is 17.5 Å². The van der Waals surface area contributed by atoms with Gasteiger partial charge in [-0.05, 0) is 86.2 Å². The Hall–Kier alpha value is -1.64. The molecule has 0 aromatic carbocycles. The average Bonchev–Trinajstić information content (AvgIpc) is 3.39. The Morgan fingerprint density at radius 2 is 1.53 bits per heavy atom.